The molecule has 2 aromatic carbocycles. The van der Waals surface area contributed by atoms with Crippen LogP contribution < -0.4 is 9.64 Å². The molecule has 0 amide bonds. The van der Waals surface area contributed by atoms with Gasteiger partial charge in [-0.1, -0.05) is 23.7 Å². The second-order valence-corrected chi connectivity index (χ2v) is 7.99. The van der Waals surface area contributed by atoms with Gasteiger partial charge < -0.3 is 14.4 Å². The summed E-state index contributed by atoms with van der Waals surface area (Å²) in [6.07, 6.45) is -4.74. The average Bonchev–Trinajstić information content (AvgIpc) is 2.75. The molecule has 1 saturated heterocycles. The molecule has 1 fully saturated rings. The van der Waals surface area contributed by atoms with E-state index in [2.05, 4.69) is 9.64 Å². The number of aromatic nitrogens is 1. The van der Waals surface area contributed by atoms with Crippen LogP contribution in [0.4, 0.5) is 24.7 Å². The zero-order chi connectivity index (χ0) is 22.7. The molecular formula is C23H23ClF3N3O2. The zero-order valence-corrected chi connectivity index (χ0v) is 18.3. The lowest BCUT2D eigenvalue weighted by atomic mass is 10.1. The van der Waals surface area contributed by atoms with Gasteiger partial charge in [-0.3, -0.25) is 4.90 Å². The molecule has 0 bridgehead atoms. The number of hydrogen-bond acceptors (Lipinski definition) is 5. The van der Waals surface area contributed by atoms with Crippen LogP contribution >= 0.6 is 11.6 Å². The van der Waals surface area contributed by atoms with E-state index >= 15 is 0 Å². The lowest BCUT2D eigenvalue weighted by Crippen LogP contribution is -2.40. The van der Waals surface area contributed by atoms with Crippen LogP contribution in [0, 0.1) is 6.92 Å². The third-order valence-electron chi connectivity index (χ3n) is 5.37. The molecule has 0 radical (unpaired) electrons. The predicted octanol–water partition coefficient (Wildman–Crippen LogP) is 5.57. The van der Waals surface area contributed by atoms with Crippen LogP contribution in [-0.2, 0) is 4.74 Å². The molecule has 5 nitrogen and oxygen atoms in total. The number of ether oxygens (including phenoxy) is 2. The number of anilines is 2. The molecule has 1 aliphatic heterocycles. The maximum atomic E-state index is 12.6. The van der Waals surface area contributed by atoms with Gasteiger partial charge in [0.05, 0.1) is 23.8 Å². The van der Waals surface area contributed by atoms with Crippen LogP contribution in [-0.4, -0.2) is 55.6 Å². The van der Waals surface area contributed by atoms with Gasteiger partial charge in [0.15, 0.2) is 0 Å². The van der Waals surface area contributed by atoms with Gasteiger partial charge in [0, 0.05) is 37.3 Å². The first-order chi connectivity index (χ1) is 15.3. The Balaban J connectivity index is 1.68. The summed E-state index contributed by atoms with van der Waals surface area (Å²) in [7, 11) is 0. The van der Waals surface area contributed by atoms with Crippen molar-refractivity contribution in [2.24, 2.45) is 0 Å². The molecule has 0 N–H and O–H groups in total. The minimum atomic E-state index is -4.74. The number of hydrogen-bond donors (Lipinski definition) is 0. The fraction of sp³-hybridized carbons (Fsp3) is 0.348. The Labute approximate surface area is 189 Å². The molecule has 9 heteroatoms. The standard InChI is InChI=1S/C23H23ClF3N3O2/c1-16-15-18(32-23(25,26)27)6-7-20(16)30(10-9-29-11-13-31-14-12-29)21-8-5-17-3-2-4-19(24)22(17)28-21/h2-8,15H,9-14H2,1H3. The first kappa shape index (κ1) is 22.6. The lowest BCUT2D eigenvalue weighted by molar-refractivity contribution is -0.274. The molecule has 1 aliphatic rings. The van der Waals surface area contributed by atoms with Crippen molar-refractivity contribution in [2.75, 3.05) is 44.3 Å². The summed E-state index contributed by atoms with van der Waals surface area (Å²) in [6, 6.07) is 13.8. The van der Waals surface area contributed by atoms with E-state index in [-0.39, 0.29) is 5.75 Å². The highest BCUT2D eigenvalue weighted by Crippen LogP contribution is 2.33. The third kappa shape index (κ3) is 5.43. The monoisotopic (exact) mass is 465 g/mol. The number of aryl methyl sites for hydroxylation is 1. The Bertz CT molecular complexity index is 1090. The molecule has 1 aromatic heterocycles. The highest BCUT2D eigenvalue weighted by Gasteiger charge is 2.31. The quantitative estimate of drug-likeness (QED) is 0.476. The highest BCUT2D eigenvalue weighted by atomic mass is 35.5. The van der Waals surface area contributed by atoms with Crippen molar-refractivity contribution >= 4 is 34.0 Å². The van der Waals surface area contributed by atoms with Crippen molar-refractivity contribution in [3.05, 3.63) is 59.1 Å². The molecule has 4 rings (SSSR count). The summed E-state index contributed by atoms with van der Waals surface area (Å²) in [5.41, 5.74) is 2.08. The summed E-state index contributed by atoms with van der Waals surface area (Å²) in [5, 5.41) is 1.46. The molecule has 170 valence electrons. The topological polar surface area (TPSA) is 37.8 Å². The normalized spacial score (nSPS) is 15.2. The molecule has 0 spiro atoms. The lowest BCUT2D eigenvalue weighted by Gasteiger charge is -2.31. The smallest absolute Gasteiger partial charge is 0.406 e. The van der Waals surface area contributed by atoms with Gasteiger partial charge in [-0.15, -0.1) is 13.2 Å². The molecule has 0 atom stereocenters. The maximum absolute atomic E-state index is 12.6. The van der Waals surface area contributed by atoms with Gasteiger partial charge in [0.1, 0.15) is 11.6 Å². The fourth-order valence-electron chi connectivity index (χ4n) is 3.80. The minimum Gasteiger partial charge on any atom is -0.406 e. The molecule has 32 heavy (non-hydrogen) atoms. The van der Waals surface area contributed by atoms with Crippen molar-refractivity contribution in [1.29, 1.82) is 0 Å². The zero-order valence-electron chi connectivity index (χ0n) is 17.5. The predicted molar refractivity (Wildman–Crippen MR) is 119 cm³/mol. The van der Waals surface area contributed by atoms with E-state index in [9.17, 15) is 13.2 Å². The summed E-state index contributed by atoms with van der Waals surface area (Å²) < 4.78 is 47.4. The van der Waals surface area contributed by atoms with Crippen LogP contribution in [0.5, 0.6) is 5.75 Å². The van der Waals surface area contributed by atoms with Gasteiger partial charge in [-0.2, -0.15) is 0 Å². The van der Waals surface area contributed by atoms with Gasteiger partial charge in [0.2, 0.25) is 0 Å². The number of fused-ring (bicyclic) bond motifs is 1. The first-order valence-corrected chi connectivity index (χ1v) is 10.7. The second kappa shape index (κ2) is 9.52. The van der Waals surface area contributed by atoms with Crippen molar-refractivity contribution < 1.29 is 22.6 Å². The number of rotatable bonds is 6. The second-order valence-electron chi connectivity index (χ2n) is 7.58. The summed E-state index contributed by atoms with van der Waals surface area (Å²) in [5.74, 6) is 0.424. The minimum absolute atomic E-state index is 0.249. The molecule has 0 aliphatic carbocycles. The van der Waals surface area contributed by atoms with Crippen LogP contribution in [0.2, 0.25) is 5.02 Å². The van der Waals surface area contributed by atoms with Crippen LogP contribution in [0.15, 0.2) is 48.5 Å². The summed E-state index contributed by atoms with van der Waals surface area (Å²) in [6.45, 7) is 6.16. The van der Waals surface area contributed by atoms with E-state index < -0.39 is 6.36 Å². The van der Waals surface area contributed by atoms with Gasteiger partial charge in [0.25, 0.3) is 0 Å². The van der Waals surface area contributed by atoms with E-state index in [0.717, 1.165) is 30.7 Å². The first-order valence-electron chi connectivity index (χ1n) is 10.3. The molecule has 0 unspecified atom stereocenters. The van der Waals surface area contributed by atoms with Crippen LogP contribution in [0.1, 0.15) is 5.56 Å². The van der Waals surface area contributed by atoms with E-state index in [0.29, 0.717) is 41.7 Å². The molecule has 3 aromatic rings. The highest BCUT2D eigenvalue weighted by molar-refractivity contribution is 6.35. The molecule has 2 heterocycles. The average molecular weight is 466 g/mol. The van der Waals surface area contributed by atoms with Crippen molar-refractivity contribution in [3.8, 4) is 5.75 Å². The third-order valence-corrected chi connectivity index (χ3v) is 5.67. The van der Waals surface area contributed by atoms with Gasteiger partial charge in [-0.05, 0) is 48.9 Å². The largest absolute Gasteiger partial charge is 0.573 e. The van der Waals surface area contributed by atoms with Crippen LogP contribution in [0.3, 0.4) is 0 Å². The fourth-order valence-corrected chi connectivity index (χ4v) is 4.03. The Kier molecular flexibility index (Phi) is 6.74. The SMILES string of the molecule is Cc1cc(OC(F)(F)F)ccc1N(CCN1CCOCC1)c1ccc2cccc(Cl)c2n1. The molecule has 0 saturated carbocycles. The summed E-state index contributed by atoms with van der Waals surface area (Å²) in [4.78, 5) is 9.08. The Morgan fingerprint density at radius 1 is 1.12 bits per heavy atom. The maximum Gasteiger partial charge on any atom is 0.573 e. The van der Waals surface area contributed by atoms with Crippen molar-refractivity contribution in [2.45, 2.75) is 13.3 Å². The number of alkyl halides is 3. The van der Waals surface area contributed by atoms with E-state index in [1.807, 2.05) is 29.2 Å². The number of benzene rings is 2. The van der Waals surface area contributed by atoms with E-state index in [1.165, 1.54) is 12.1 Å². The van der Waals surface area contributed by atoms with Crippen molar-refractivity contribution in [3.63, 3.8) is 0 Å². The number of para-hydroxylation sites is 1. The summed E-state index contributed by atoms with van der Waals surface area (Å²) >= 11 is 6.37. The van der Waals surface area contributed by atoms with Gasteiger partial charge in [-0.25, -0.2) is 4.98 Å². The number of halogens is 4. The number of nitrogens with zero attached hydrogens (tertiary/aromatic N) is 3. The Morgan fingerprint density at radius 2 is 1.91 bits per heavy atom. The van der Waals surface area contributed by atoms with Gasteiger partial charge >= 0.3 is 6.36 Å². The Hall–Kier alpha value is -2.55. The van der Waals surface area contributed by atoms with E-state index in [4.69, 9.17) is 21.3 Å². The molecular weight excluding hydrogens is 443 g/mol. The Morgan fingerprint density at radius 3 is 2.62 bits per heavy atom. The van der Waals surface area contributed by atoms with Crippen molar-refractivity contribution in [1.82, 2.24) is 9.88 Å². The van der Waals surface area contributed by atoms with Crippen LogP contribution in [0.25, 0.3) is 10.9 Å². The number of pyridine rings is 1. The number of morpholine rings is 1. The van der Waals surface area contributed by atoms with E-state index in [1.54, 1.807) is 19.1 Å².